The number of benzene rings is 1. The van der Waals surface area contributed by atoms with Crippen LogP contribution in [-0.4, -0.2) is 41.3 Å². The van der Waals surface area contributed by atoms with Gasteiger partial charge in [-0.25, -0.2) is 0 Å². The van der Waals surface area contributed by atoms with Crippen LogP contribution in [0.5, 0.6) is 5.75 Å². The van der Waals surface area contributed by atoms with Crippen molar-refractivity contribution in [1.82, 2.24) is 4.90 Å². The number of piperidine rings is 1. The van der Waals surface area contributed by atoms with Crippen LogP contribution in [0.25, 0.3) is 0 Å². The molecule has 1 fully saturated rings. The molecule has 0 unspecified atom stereocenters. The molecule has 2 rings (SSSR count). The third kappa shape index (κ3) is 5.22. The lowest BCUT2D eigenvalue weighted by Gasteiger charge is -2.40. The summed E-state index contributed by atoms with van der Waals surface area (Å²) in [5.41, 5.74) is 1.44. The molecular weight excluding hydrogens is 286 g/mol. The second-order valence-electron chi connectivity index (χ2n) is 8.06. The van der Waals surface area contributed by atoms with Gasteiger partial charge in [-0.2, -0.15) is 0 Å². The second-order valence-corrected chi connectivity index (χ2v) is 8.06. The lowest BCUT2D eigenvalue weighted by molar-refractivity contribution is 0.0209. The van der Waals surface area contributed by atoms with Crippen molar-refractivity contribution in [3.63, 3.8) is 0 Å². The van der Waals surface area contributed by atoms with Crippen molar-refractivity contribution < 1.29 is 9.84 Å². The molecule has 1 saturated heterocycles. The number of ether oxygens (including phenoxy) is 1. The molecule has 1 aliphatic rings. The minimum atomic E-state index is -0.444. The van der Waals surface area contributed by atoms with E-state index in [-0.39, 0.29) is 5.41 Å². The van der Waals surface area contributed by atoms with Crippen LogP contribution >= 0.6 is 0 Å². The Balaban J connectivity index is 1.83. The van der Waals surface area contributed by atoms with Crippen molar-refractivity contribution in [1.29, 1.82) is 0 Å². The molecule has 23 heavy (non-hydrogen) atoms. The Morgan fingerprint density at radius 1 is 1.13 bits per heavy atom. The summed E-state index contributed by atoms with van der Waals surface area (Å²) in [6, 6.07) is 9.32. The maximum Gasteiger partial charge on any atom is 0.119 e. The molecule has 1 aromatic carbocycles. The molecule has 3 atom stereocenters. The monoisotopic (exact) mass is 319 g/mol. The molecular formula is C20H33NO2. The Labute approximate surface area is 141 Å². The Kier molecular flexibility index (Phi) is 6.10. The molecule has 1 aliphatic heterocycles. The highest BCUT2D eigenvalue weighted by Crippen LogP contribution is 2.25. The van der Waals surface area contributed by atoms with E-state index in [4.69, 9.17) is 4.74 Å². The number of hydrogen-bond acceptors (Lipinski definition) is 3. The molecule has 0 saturated carbocycles. The summed E-state index contributed by atoms with van der Waals surface area (Å²) in [5.74, 6) is 0.830. The Bertz CT molecular complexity index is 467. The number of aliphatic hydroxyl groups excluding tert-OH is 1. The third-order valence-corrected chi connectivity index (χ3v) is 4.96. The molecule has 1 aromatic rings. The number of hydrogen-bond donors (Lipinski definition) is 1. The van der Waals surface area contributed by atoms with Gasteiger partial charge in [-0.1, -0.05) is 39.3 Å². The molecule has 0 bridgehead atoms. The van der Waals surface area contributed by atoms with Gasteiger partial charge in [0.25, 0.3) is 0 Å². The number of β-amino-alcohol motifs (C(OH)–C–C–N with tert-alkyl or cyclic N) is 1. The standard InChI is InChI=1S/C20H33NO2/c1-15-7-6-8-16(2)21(15)13-18(22)14-23-19-11-9-17(10-12-19)20(3,4)5/h9-12,15-16,18,22H,6-8,13-14H2,1-5H3/t15-,16-,18-/m1/s1. The fourth-order valence-electron chi connectivity index (χ4n) is 3.37. The Morgan fingerprint density at radius 2 is 1.70 bits per heavy atom. The van der Waals surface area contributed by atoms with Gasteiger partial charge in [0, 0.05) is 18.6 Å². The SMILES string of the molecule is C[C@@H]1CCC[C@@H](C)N1C[C@@H](O)COc1ccc(C(C)(C)C)cc1. The first kappa shape index (κ1) is 18.3. The van der Waals surface area contributed by atoms with Gasteiger partial charge in [-0.3, -0.25) is 4.90 Å². The first-order chi connectivity index (χ1) is 10.8. The molecule has 0 aliphatic carbocycles. The van der Waals surface area contributed by atoms with Gasteiger partial charge in [0.2, 0.25) is 0 Å². The van der Waals surface area contributed by atoms with Gasteiger partial charge in [0.05, 0.1) is 0 Å². The van der Waals surface area contributed by atoms with E-state index in [9.17, 15) is 5.11 Å². The molecule has 3 nitrogen and oxygen atoms in total. The van der Waals surface area contributed by atoms with E-state index in [1.54, 1.807) is 0 Å². The van der Waals surface area contributed by atoms with Crippen molar-refractivity contribution in [3.05, 3.63) is 29.8 Å². The van der Waals surface area contributed by atoms with Crippen LogP contribution < -0.4 is 4.74 Å². The molecule has 3 heteroatoms. The quantitative estimate of drug-likeness (QED) is 0.891. The summed E-state index contributed by atoms with van der Waals surface area (Å²) >= 11 is 0. The van der Waals surface area contributed by atoms with E-state index in [0.717, 1.165) is 5.75 Å². The van der Waals surface area contributed by atoms with Crippen LogP contribution in [0, 0.1) is 0 Å². The average molecular weight is 319 g/mol. The summed E-state index contributed by atoms with van der Waals surface area (Å²) in [6.07, 6.45) is 3.31. The molecule has 1 heterocycles. The zero-order valence-electron chi connectivity index (χ0n) is 15.4. The fraction of sp³-hybridized carbons (Fsp3) is 0.700. The van der Waals surface area contributed by atoms with Gasteiger partial charge in [-0.05, 0) is 49.8 Å². The molecule has 0 spiro atoms. The minimum absolute atomic E-state index is 0.151. The number of likely N-dealkylation sites (tertiary alicyclic amines) is 1. The predicted molar refractivity (Wildman–Crippen MR) is 96.1 cm³/mol. The second kappa shape index (κ2) is 7.67. The van der Waals surface area contributed by atoms with E-state index in [2.05, 4.69) is 51.7 Å². The lowest BCUT2D eigenvalue weighted by atomic mass is 9.87. The van der Waals surface area contributed by atoms with Crippen LogP contribution in [-0.2, 0) is 5.41 Å². The highest BCUT2D eigenvalue weighted by molar-refractivity contribution is 5.31. The fourth-order valence-corrected chi connectivity index (χ4v) is 3.37. The van der Waals surface area contributed by atoms with Gasteiger partial charge >= 0.3 is 0 Å². The largest absolute Gasteiger partial charge is 0.491 e. The molecule has 1 N–H and O–H groups in total. The highest BCUT2D eigenvalue weighted by atomic mass is 16.5. The first-order valence-electron chi connectivity index (χ1n) is 8.94. The minimum Gasteiger partial charge on any atom is -0.491 e. The van der Waals surface area contributed by atoms with Crippen molar-refractivity contribution in [2.24, 2.45) is 0 Å². The van der Waals surface area contributed by atoms with E-state index in [0.29, 0.717) is 25.2 Å². The third-order valence-electron chi connectivity index (χ3n) is 4.96. The van der Waals surface area contributed by atoms with Gasteiger partial charge in [0.15, 0.2) is 0 Å². The van der Waals surface area contributed by atoms with Crippen LogP contribution in [0.15, 0.2) is 24.3 Å². The van der Waals surface area contributed by atoms with Crippen molar-refractivity contribution in [3.8, 4) is 5.75 Å². The number of rotatable bonds is 5. The van der Waals surface area contributed by atoms with Crippen LogP contribution in [0.2, 0.25) is 0 Å². The Morgan fingerprint density at radius 3 is 2.22 bits per heavy atom. The summed E-state index contributed by atoms with van der Waals surface area (Å²) < 4.78 is 5.77. The maximum atomic E-state index is 10.3. The van der Waals surface area contributed by atoms with Crippen molar-refractivity contribution in [2.45, 2.75) is 77.5 Å². The normalized spacial score (nSPS) is 24.4. The number of aliphatic hydroxyl groups is 1. The van der Waals surface area contributed by atoms with Crippen LogP contribution in [0.3, 0.4) is 0 Å². The first-order valence-corrected chi connectivity index (χ1v) is 8.94. The summed E-state index contributed by atoms with van der Waals surface area (Å²) in [6.45, 7) is 12.2. The Hall–Kier alpha value is -1.06. The van der Waals surface area contributed by atoms with E-state index in [1.807, 2.05) is 12.1 Å². The lowest BCUT2D eigenvalue weighted by Crippen LogP contribution is -2.48. The summed E-state index contributed by atoms with van der Waals surface area (Å²) in [5, 5.41) is 10.3. The topological polar surface area (TPSA) is 32.7 Å². The van der Waals surface area contributed by atoms with Gasteiger partial charge in [-0.15, -0.1) is 0 Å². The zero-order chi connectivity index (χ0) is 17.0. The smallest absolute Gasteiger partial charge is 0.119 e. The van der Waals surface area contributed by atoms with Crippen LogP contribution in [0.4, 0.5) is 0 Å². The zero-order valence-corrected chi connectivity index (χ0v) is 15.4. The van der Waals surface area contributed by atoms with Crippen molar-refractivity contribution >= 4 is 0 Å². The number of nitrogens with zero attached hydrogens (tertiary/aromatic N) is 1. The van der Waals surface area contributed by atoms with E-state index in [1.165, 1.54) is 24.8 Å². The average Bonchev–Trinajstić information content (AvgIpc) is 2.48. The van der Waals surface area contributed by atoms with Crippen LogP contribution in [0.1, 0.15) is 59.4 Å². The summed E-state index contributed by atoms with van der Waals surface area (Å²) in [4.78, 5) is 2.42. The van der Waals surface area contributed by atoms with E-state index >= 15 is 0 Å². The predicted octanol–water partition coefficient (Wildman–Crippen LogP) is 3.99. The molecule has 0 amide bonds. The molecule has 0 radical (unpaired) electrons. The van der Waals surface area contributed by atoms with E-state index < -0.39 is 6.10 Å². The van der Waals surface area contributed by atoms with Gasteiger partial charge < -0.3 is 9.84 Å². The summed E-state index contributed by atoms with van der Waals surface area (Å²) in [7, 11) is 0. The molecule has 130 valence electrons. The molecule has 0 aromatic heterocycles. The van der Waals surface area contributed by atoms with Crippen molar-refractivity contribution in [2.75, 3.05) is 13.2 Å². The van der Waals surface area contributed by atoms with Gasteiger partial charge in [0.1, 0.15) is 18.5 Å². The maximum absolute atomic E-state index is 10.3. The highest BCUT2D eigenvalue weighted by Gasteiger charge is 2.26.